The highest BCUT2D eigenvalue weighted by atomic mass is 32.1. The standard InChI is InChI=1S/C22H20N2O3S/c1-3-4-11-26-22(25)19-12-15-7-5-6-8-17(15)21(24-19)27-16-9-10-18-20(13-16)28-14(2)23-18/h5-10,12-13H,3-4,11H2,1-2H3. The molecule has 0 aliphatic rings. The number of nitrogens with zero attached hydrogens (tertiary/aromatic N) is 2. The molecule has 0 bridgehead atoms. The highest BCUT2D eigenvalue weighted by molar-refractivity contribution is 7.18. The molecule has 0 aliphatic heterocycles. The summed E-state index contributed by atoms with van der Waals surface area (Å²) in [6, 6.07) is 15.2. The first-order chi connectivity index (χ1) is 13.6. The molecule has 4 aromatic rings. The van der Waals surface area contributed by atoms with Crippen molar-refractivity contribution in [1.82, 2.24) is 9.97 Å². The van der Waals surface area contributed by atoms with Crippen molar-refractivity contribution in [1.29, 1.82) is 0 Å². The zero-order valence-corrected chi connectivity index (χ0v) is 16.6. The molecule has 0 saturated carbocycles. The SMILES string of the molecule is CCCCOC(=O)c1cc2ccccc2c(Oc2ccc3nc(C)sc3c2)n1. The van der Waals surface area contributed by atoms with Crippen molar-refractivity contribution in [3.05, 3.63) is 59.2 Å². The number of rotatable bonds is 6. The lowest BCUT2D eigenvalue weighted by molar-refractivity contribution is 0.0492. The van der Waals surface area contributed by atoms with Gasteiger partial charge >= 0.3 is 5.97 Å². The van der Waals surface area contributed by atoms with Crippen LogP contribution in [-0.4, -0.2) is 22.5 Å². The molecular weight excluding hydrogens is 372 g/mol. The Hall–Kier alpha value is -2.99. The molecule has 28 heavy (non-hydrogen) atoms. The summed E-state index contributed by atoms with van der Waals surface area (Å²) < 4.78 is 12.5. The van der Waals surface area contributed by atoms with Crippen molar-refractivity contribution in [2.45, 2.75) is 26.7 Å². The summed E-state index contributed by atoms with van der Waals surface area (Å²) in [6.45, 7) is 4.42. The molecular formula is C22H20N2O3S. The predicted octanol–water partition coefficient (Wildman–Crippen LogP) is 5.90. The lowest BCUT2D eigenvalue weighted by Crippen LogP contribution is -2.09. The fourth-order valence-electron chi connectivity index (χ4n) is 2.93. The van der Waals surface area contributed by atoms with Crippen molar-refractivity contribution in [2.24, 2.45) is 0 Å². The van der Waals surface area contributed by atoms with E-state index in [2.05, 4.69) is 16.9 Å². The molecule has 2 aromatic carbocycles. The first-order valence-corrected chi connectivity index (χ1v) is 10.1. The molecule has 0 N–H and O–H groups in total. The summed E-state index contributed by atoms with van der Waals surface area (Å²) >= 11 is 1.61. The average molecular weight is 392 g/mol. The van der Waals surface area contributed by atoms with Gasteiger partial charge in [-0.1, -0.05) is 31.5 Å². The maximum Gasteiger partial charge on any atom is 0.357 e. The topological polar surface area (TPSA) is 61.3 Å². The Labute approximate surface area is 167 Å². The zero-order valence-electron chi connectivity index (χ0n) is 15.8. The molecule has 0 aliphatic carbocycles. The minimum atomic E-state index is -0.433. The van der Waals surface area contributed by atoms with Crippen LogP contribution in [0.2, 0.25) is 0 Å². The van der Waals surface area contributed by atoms with Gasteiger partial charge in [0.2, 0.25) is 5.88 Å². The van der Waals surface area contributed by atoms with E-state index in [0.717, 1.165) is 38.8 Å². The van der Waals surface area contributed by atoms with Crippen LogP contribution in [0.4, 0.5) is 0 Å². The van der Waals surface area contributed by atoms with Crippen LogP contribution in [0.5, 0.6) is 11.6 Å². The van der Waals surface area contributed by atoms with Crippen molar-refractivity contribution in [3.63, 3.8) is 0 Å². The molecule has 4 rings (SSSR count). The van der Waals surface area contributed by atoms with Crippen molar-refractivity contribution in [3.8, 4) is 11.6 Å². The monoisotopic (exact) mass is 392 g/mol. The van der Waals surface area contributed by atoms with Crippen molar-refractivity contribution in [2.75, 3.05) is 6.61 Å². The second-order valence-electron chi connectivity index (χ2n) is 6.49. The Morgan fingerprint density at radius 2 is 1.96 bits per heavy atom. The molecule has 0 unspecified atom stereocenters. The number of carbonyl (C=O) groups excluding carboxylic acids is 1. The maximum atomic E-state index is 12.4. The molecule has 0 radical (unpaired) electrons. The minimum absolute atomic E-state index is 0.250. The first-order valence-electron chi connectivity index (χ1n) is 9.26. The number of pyridine rings is 1. The van der Waals surface area contributed by atoms with Gasteiger partial charge in [0, 0.05) is 11.5 Å². The first kappa shape index (κ1) is 18.4. The molecule has 2 aromatic heterocycles. The number of aryl methyl sites for hydroxylation is 1. The summed E-state index contributed by atoms with van der Waals surface area (Å²) in [5.41, 5.74) is 1.19. The van der Waals surface area contributed by atoms with Gasteiger partial charge in [-0.15, -0.1) is 11.3 Å². The Balaban J connectivity index is 1.70. The number of unbranched alkanes of at least 4 members (excludes halogenated alkanes) is 1. The van der Waals surface area contributed by atoms with Crippen molar-refractivity contribution >= 4 is 38.3 Å². The van der Waals surface area contributed by atoms with Gasteiger partial charge in [0.15, 0.2) is 5.69 Å². The Kier molecular flexibility index (Phi) is 5.21. The van der Waals surface area contributed by atoms with Crippen LogP contribution in [0.15, 0.2) is 48.5 Å². The molecule has 0 saturated heterocycles. The summed E-state index contributed by atoms with van der Waals surface area (Å²) in [6.07, 6.45) is 1.79. The Morgan fingerprint density at radius 1 is 1.11 bits per heavy atom. The van der Waals surface area contributed by atoms with E-state index in [1.807, 2.05) is 49.4 Å². The fraction of sp³-hybridized carbons (Fsp3) is 0.227. The summed E-state index contributed by atoms with van der Waals surface area (Å²) in [4.78, 5) is 21.3. The van der Waals surface area contributed by atoms with Gasteiger partial charge in [0.25, 0.3) is 0 Å². The number of fused-ring (bicyclic) bond motifs is 2. The largest absolute Gasteiger partial charge is 0.461 e. The number of thiazole rings is 1. The van der Waals surface area contributed by atoms with Gasteiger partial charge < -0.3 is 9.47 Å². The molecule has 0 amide bonds. The van der Waals surface area contributed by atoms with E-state index in [1.54, 1.807) is 17.4 Å². The highest BCUT2D eigenvalue weighted by Crippen LogP contribution is 2.32. The lowest BCUT2D eigenvalue weighted by Gasteiger charge is -2.10. The second kappa shape index (κ2) is 7.94. The van der Waals surface area contributed by atoms with Gasteiger partial charge in [-0.3, -0.25) is 0 Å². The second-order valence-corrected chi connectivity index (χ2v) is 7.72. The fourth-order valence-corrected chi connectivity index (χ4v) is 3.78. The number of hydrogen-bond acceptors (Lipinski definition) is 6. The Morgan fingerprint density at radius 3 is 2.82 bits per heavy atom. The summed E-state index contributed by atoms with van der Waals surface area (Å²) in [5, 5.41) is 2.73. The normalized spacial score (nSPS) is 11.1. The van der Waals surface area contributed by atoms with E-state index < -0.39 is 5.97 Å². The van der Waals surface area contributed by atoms with Gasteiger partial charge in [-0.2, -0.15) is 0 Å². The summed E-state index contributed by atoms with van der Waals surface area (Å²) in [5.74, 6) is 0.615. The van der Waals surface area contributed by atoms with E-state index in [-0.39, 0.29) is 5.69 Å². The van der Waals surface area contributed by atoms with E-state index in [9.17, 15) is 4.79 Å². The van der Waals surface area contributed by atoms with Gasteiger partial charge in [-0.05, 0) is 43.0 Å². The Bertz CT molecular complexity index is 1150. The molecule has 0 fully saturated rings. The molecule has 0 atom stereocenters. The van der Waals surface area contributed by atoms with Crippen LogP contribution in [0.1, 0.15) is 35.3 Å². The van der Waals surface area contributed by atoms with Crippen molar-refractivity contribution < 1.29 is 14.3 Å². The number of carbonyl (C=O) groups is 1. The van der Waals surface area contributed by atoms with E-state index in [4.69, 9.17) is 9.47 Å². The lowest BCUT2D eigenvalue weighted by atomic mass is 10.1. The maximum absolute atomic E-state index is 12.4. The molecule has 0 spiro atoms. The van der Waals surface area contributed by atoms with Gasteiger partial charge in [0.05, 0.1) is 21.8 Å². The van der Waals surface area contributed by atoms with Crippen LogP contribution >= 0.6 is 11.3 Å². The van der Waals surface area contributed by atoms with Crippen LogP contribution in [0.25, 0.3) is 21.0 Å². The van der Waals surface area contributed by atoms with Crippen LogP contribution in [0, 0.1) is 6.92 Å². The highest BCUT2D eigenvalue weighted by Gasteiger charge is 2.15. The predicted molar refractivity (Wildman–Crippen MR) is 111 cm³/mol. The van der Waals surface area contributed by atoms with Crippen LogP contribution in [0.3, 0.4) is 0 Å². The minimum Gasteiger partial charge on any atom is -0.461 e. The molecule has 142 valence electrons. The van der Waals surface area contributed by atoms with E-state index >= 15 is 0 Å². The number of hydrogen-bond donors (Lipinski definition) is 0. The van der Waals surface area contributed by atoms with Gasteiger partial charge in [0.1, 0.15) is 5.75 Å². The van der Waals surface area contributed by atoms with E-state index in [1.165, 1.54) is 0 Å². The third-order valence-electron chi connectivity index (χ3n) is 4.33. The molecule has 5 nitrogen and oxygen atoms in total. The van der Waals surface area contributed by atoms with Crippen LogP contribution < -0.4 is 4.74 Å². The number of benzene rings is 2. The average Bonchev–Trinajstić information content (AvgIpc) is 3.07. The third kappa shape index (κ3) is 3.82. The summed E-state index contributed by atoms with van der Waals surface area (Å²) in [7, 11) is 0. The van der Waals surface area contributed by atoms with Gasteiger partial charge in [-0.25, -0.2) is 14.8 Å². The van der Waals surface area contributed by atoms with Crippen LogP contribution in [-0.2, 0) is 4.74 Å². The quantitative estimate of drug-likeness (QED) is 0.302. The zero-order chi connectivity index (χ0) is 19.5. The number of aromatic nitrogens is 2. The molecule has 2 heterocycles. The molecule has 6 heteroatoms. The van der Waals surface area contributed by atoms with E-state index in [0.29, 0.717) is 18.2 Å². The third-order valence-corrected chi connectivity index (χ3v) is 5.26. The number of esters is 1. The number of ether oxygens (including phenoxy) is 2. The smallest absolute Gasteiger partial charge is 0.357 e.